The Bertz CT molecular complexity index is 1270. The number of benzene rings is 1. The second kappa shape index (κ2) is 9.21. The maximum atomic E-state index is 13.0. The highest BCUT2D eigenvalue weighted by atomic mass is 32.2. The molecule has 10 heteroatoms. The Labute approximate surface area is 200 Å². The zero-order chi connectivity index (χ0) is 23.6. The van der Waals surface area contributed by atoms with Crippen LogP contribution in [-0.4, -0.2) is 54.5 Å². The molecule has 3 aliphatic rings. The summed E-state index contributed by atoms with van der Waals surface area (Å²) in [7, 11) is -3.55. The van der Waals surface area contributed by atoms with E-state index in [-0.39, 0.29) is 10.6 Å². The zero-order valence-corrected chi connectivity index (χ0v) is 19.9. The number of dihydropyridines is 1. The summed E-state index contributed by atoms with van der Waals surface area (Å²) < 4.78 is 27.6. The molecule has 1 saturated heterocycles. The van der Waals surface area contributed by atoms with Gasteiger partial charge in [0.15, 0.2) is 0 Å². The van der Waals surface area contributed by atoms with Crippen LogP contribution in [0.1, 0.15) is 25.5 Å². The number of nitrogens with one attached hydrogen (secondary N) is 4. The van der Waals surface area contributed by atoms with Crippen molar-refractivity contribution in [1.82, 2.24) is 30.2 Å². The third kappa shape index (κ3) is 4.20. The Balaban J connectivity index is 1.38. The van der Waals surface area contributed by atoms with E-state index in [1.54, 1.807) is 24.4 Å². The van der Waals surface area contributed by atoms with Gasteiger partial charge in [-0.15, -0.1) is 0 Å². The molecule has 3 aliphatic heterocycles. The molecule has 1 unspecified atom stereocenters. The first-order valence-electron chi connectivity index (χ1n) is 11.6. The second-order valence-electron chi connectivity index (χ2n) is 8.51. The highest BCUT2D eigenvalue weighted by molar-refractivity contribution is 7.89. The number of anilines is 2. The first-order chi connectivity index (χ1) is 16.5. The van der Waals surface area contributed by atoms with E-state index < -0.39 is 10.0 Å². The predicted molar refractivity (Wildman–Crippen MR) is 132 cm³/mol. The molecule has 0 aliphatic carbocycles. The van der Waals surface area contributed by atoms with E-state index in [0.717, 1.165) is 29.7 Å². The van der Waals surface area contributed by atoms with Gasteiger partial charge in [0.25, 0.3) is 0 Å². The lowest BCUT2D eigenvalue weighted by molar-refractivity contribution is 0.360. The average Bonchev–Trinajstić information content (AvgIpc) is 3.24. The van der Waals surface area contributed by atoms with Crippen molar-refractivity contribution in [2.75, 3.05) is 31.5 Å². The summed E-state index contributed by atoms with van der Waals surface area (Å²) in [6.07, 6.45) is 11.7. The predicted octanol–water partition coefficient (Wildman–Crippen LogP) is 2.30. The summed E-state index contributed by atoms with van der Waals surface area (Å²) in [6, 6.07) is 8.68. The van der Waals surface area contributed by atoms with E-state index in [4.69, 9.17) is 4.98 Å². The summed E-state index contributed by atoms with van der Waals surface area (Å²) >= 11 is 0. The number of hydrogen-bond acceptors (Lipinski definition) is 8. The van der Waals surface area contributed by atoms with Gasteiger partial charge in [-0.25, -0.2) is 18.4 Å². The van der Waals surface area contributed by atoms with Gasteiger partial charge in [0.1, 0.15) is 5.66 Å². The van der Waals surface area contributed by atoms with Crippen molar-refractivity contribution in [2.24, 2.45) is 0 Å². The topological polar surface area (TPSA) is 111 Å². The molecule has 1 aromatic heterocycles. The lowest BCUT2D eigenvalue weighted by Gasteiger charge is -2.34. The third-order valence-electron chi connectivity index (χ3n) is 6.26. The Hall–Kier alpha value is -3.21. The van der Waals surface area contributed by atoms with E-state index in [1.807, 2.05) is 30.6 Å². The Morgan fingerprint density at radius 2 is 2.03 bits per heavy atom. The van der Waals surface area contributed by atoms with E-state index >= 15 is 0 Å². The summed E-state index contributed by atoms with van der Waals surface area (Å²) in [5.41, 5.74) is 3.24. The van der Waals surface area contributed by atoms with Gasteiger partial charge in [0.05, 0.1) is 10.6 Å². The van der Waals surface area contributed by atoms with Gasteiger partial charge in [-0.05, 0) is 43.0 Å². The minimum atomic E-state index is -3.55. The van der Waals surface area contributed by atoms with E-state index in [1.165, 1.54) is 4.31 Å². The molecular weight excluding hydrogens is 450 g/mol. The van der Waals surface area contributed by atoms with Gasteiger partial charge >= 0.3 is 0 Å². The van der Waals surface area contributed by atoms with Crippen molar-refractivity contribution in [2.45, 2.75) is 30.3 Å². The Morgan fingerprint density at radius 1 is 1.18 bits per heavy atom. The first kappa shape index (κ1) is 22.6. The van der Waals surface area contributed by atoms with Crippen molar-refractivity contribution >= 4 is 27.2 Å². The lowest BCUT2D eigenvalue weighted by atomic mass is 9.89. The fourth-order valence-corrected chi connectivity index (χ4v) is 6.09. The van der Waals surface area contributed by atoms with Crippen LogP contribution in [0.4, 0.5) is 11.6 Å². The minimum absolute atomic E-state index is 0.257. The molecule has 0 bridgehead atoms. The largest absolute Gasteiger partial charge is 0.365 e. The zero-order valence-electron chi connectivity index (χ0n) is 19.1. The molecule has 4 N–H and O–H groups in total. The molecule has 5 rings (SSSR count). The summed E-state index contributed by atoms with van der Waals surface area (Å²) in [6.45, 7) is 4.41. The van der Waals surface area contributed by atoms with Gasteiger partial charge in [0.2, 0.25) is 16.0 Å². The number of hydrogen-bond donors (Lipinski definition) is 4. The van der Waals surface area contributed by atoms with Crippen LogP contribution in [0.3, 0.4) is 0 Å². The second-order valence-corrected chi connectivity index (χ2v) is 10.5. The highest BCUT2D eigenvalue weighted by Gasteiger charge is 2.39. The molecule has 1 atom stereocenters. The van der Waals surface area contributed by atoms with Crippen molar-refractivity contribution in [3.05, 3.63) is 72.3 Å². The highest BCUT2D eigenvalue weighted by Crippen LogP contribution is 2.38. The number of sulfonamides is 1. The van der Waals surface area contributed by atoms with Crippen molar-refractivity contribution < 1.29 is 8.42 Å². The Kier molecular flexibility index (Phi) is 6.11. The summed E-state index contributed by atoms with van der Waals surface area (Å²) in [4.78, 5) is 9.34. The molecule has 0 saturated carbocycles. The monoisotopic (exact) mass is 479 g/mol. The van der Waals surface area contributed by atoms with E-state index in [9.17, 15) is 8.42 Å². The van der Waals surface area contributed by atoms with Crippen LogP contribution in [0.5, 0.6) is 0 Å². The number of fused-ring (bicyclic) bond motifs is 1. The quantitative estimate of drug-likeness (QED) is 0.479. The molecule has 34 heavy (non-hydrogen) atoms. The van der Waals surface area contributed by atoms with Crippen LogP contribution in [0, 0.1) is 0 Å². The van der Waals surface area contributed by atoms with Crippen LogP contribution >= 0.6 is 0 Å². The molecule has 2 aromatic rings. The maximum Gasteiger partial charge on any atom is 0.243 e. The van der Waals surface area contributed by atoms with Crippen LogP contribution in [0.25, 0.3) is 5.57 Å². The number of rotatable bonds is 7. The van der Waals surface area contributed by atoms with Crippen LogP contribution < -0.4 is 21.3 Å². The molecule has 9 nitrogen and oxygen atoms in total. The summed E-state index contributed by atoms with van der Waals surface area (Å²) in [5, 5.41) is 13.3. The number of piperazine rings is 1. The van der Waals surface area contributed by atoms with Crippen molar-refractivity contribution in [3.63, 3.8) is 0 Å². The molecular formula is C24H29N7O2S. The molecule has 0 amide bonds. The fourth-order valence-electron chi connectivity index (χ4n) is 4.60. The van der Waals surface area contributed by atoms with Crippen LogP contribution in [0.2, 0.25) is 0 Å². The van der Waals surface area contributed by atoms with Crippen molar-refractivity contribution in [1.29, 1.82) is 0 Å². The van der Waals surface area contributed by atoms with Gasteiger partial charge in [-0.1, -0.05) is 25.5 Å². The molecule has 4 heterocycles. The van der Waals surface area contributed by atoms with E-state index in [2.05, 4.69) is 39.3 Å². The van der Waals surface area contributed by atoms with E-state index in [0.29, 0.717) is 37.8 Å². The molecule has 0 radical (unpaired) electrons. The smallest absolute Gasteiger partial charge is 0.243 e. The van der Waals surface area contributed by atoms with Gasteiger partial charge in [-0.3, -0.25) is 0 Å². The fraction of sp³-hybridized carbons (Fsp3) is 0.333. The van der Waals surface area contributed by atoms with Crippen LogP contribution in [0.15, 0.2) is 71.5 Å². The number of aromatic nitrogens is 2. The standard InChI is InChI=1S/C24H29N7O2S/c1-2-9-24-21(7-4-10-27-24)20(17-28-24)22-8-11-26-23(30-22)29-18-5-3-6-19(16-18)34(32,33)31-14-12-25-13-15-31/h3-8,10-11,16-17,25,27-28H,2,9,12-15H2,1H3,(H,26,29,30). The SMILES string of the molecule is CCCC12NC=CC=C1C(c1ccnc(Nc3cccc(S(=O)(=O)N4CCNCC4)c3)n1)=CN2. The van der Waals surface area contributed by atoms with Crippen LogP contribution in [-0.2, 0) is 10.0 Å². The first-order valence-corrected chi connectivity index (χ1v) is 13.0. The minimum Gasteiger partial charge on any atom is -0.365 e. The molecule has 1 aromatic carbocycles. The Morgan fingerprint density at radius 3 is 2.85 bits per heavy atom. The molecule has 178 valence electrons. The van der Waals surface area contributed by atoms with Gasteiger partial charge < -0.3 is 21.3 Å². The number of allylic oxidation sites excluding steroid dienone is 2. The molecule has 0 spiro atoms. The maximum absolute atomic E-state index is 13.0. The van der Waals surface area contributed by atoms with Gasteiger partial charge in [0, 0.05) is 55.4 Å². The lowest BCUT2D eigenvalue weighted by Crippen LogP contribution is -2.52. The number of nitrogens with zero attached hydrogens (tertiary/aromatic N) is 3. The third-order valence-corrected chi connectivity index (χ3v) is 8.16. The average molecular weight is 480 g/mol. The van der Waals surface area contributed by atoms with Gasteiger partial charge in [-0.2, -0.15) is 4.31 Å². The summed E-state index contributed by atoms with van der Waals surface area (Å²) in [5.74, 6) is 0.406. The normalized spacial score (nSPS) is 22.3. The molecule has 1 fully saturated rings. The van der Waals surface area contributed by atoms with Crippen molar-refractivity contribution in [3.8, 4) is 0 Å².